The standard InChI is InChI=1S/C10H17NO/c12-9-4-7-10(8-11-9)5-2-1-3-6-10/h1-8H2,(H,11,12). The van der Waals surface area contributed by atoms with E-state index in [-0.39, 0.29) is 5.91 Å². The summed E-state index contributed by atoms with van der Waals surface area (Å²) in [6, 6.07) is 0. The topological polar surface area (TPSA) is 29.1 Å². The van der Waals surface area contributed by atoms with Crippen molar-refractivity contribution in [2.24, 2.45) is 5.41 Å². The minimum Gasteiger partial charge on any atom is -0.356 e. The van der Waals surface area contributed by atoms with Gasteiger partial charge in [0.05, 0.1) is 0 Å². The maximum Gasteiger partial charge on any atom is 0.220 e. The van der Waals surface area contributed by atoms with Crippen LogP contribution in [0.15, 0.2) is 0 Å². The Hall–Kier alpha value is -0.530. The predicted molar refractivity (Wildman–Crippen MR) is 47.8 cm³/mol. The third-order valence-electron chi connectivity index (χ3n) is 3.46. The average Bonchev–Trinajstić information content (AvgIpc) is 2.13. The molecule has 0 atom stereocenters. The summed E-state index contributed by atoms with van der Waals surface area (Å²) in [6.07, 6.45) is 8.72. The molecular formula is C10H17NO. The first kappa shape index (κ1) is 8.09. The zero-order valence-corrected chi connectivity index (χ0v) is 7.57. The first-order valence-corrected chi connectivity index (χ1v) is 5.08. The Labute approximate surface area is 73.7 Å². The Morgan fingerprint density at radius 3 is 2.42 bits per heavy atom. The van der Waals surface area contributed by atoms with Crippen LogP contribution >= 0.6 is 0 Å². The summed E-state index contributed by atoms with van der Waals surface area (Å²) in [5, 5.41) is 3.00. The van der Waals surface area contributed by atoms with Gasteiger partial charge in [-0.1, -0.05) is 19.3 Å². The zero-order valence-electron chi connectivity index (χ0n) is 7.57. The average molecular weight is 167 g/mol. The molecule has 0 bridgehead atoms. The summed E-state index contributed by atoms with van der Waals surface area (Å²) < 4.78 is 0. The van der Waals surface area contributed by atoms with Gasteiger partial charge in [0, 0.05) is 13.0 Å². The fourth-order valence-electron chi connectivity index (χ4n) is 2.57. The number of hydrogen-bond acceptors (Lipinski definition) is 1. The molecule has 0 unspecified atom stereocenters. The first-order valence-electron chi connectivity index (χ1n) is 5.08. The Kier molecular flexibility index (Phi) is 2.07. The highest BCUT2D eigenvalue weighted by molar-refractivity contribution is 5.76. The molecule has 2 rings (SSSR count). The van der Waals surface area contributed by atoms with E-state index in [1.807, 2.05) is 0 Å². The molecule has 1 spiro atoms. The zero-order chi connectivity index (χ0) is 8.44. The largest absolute Gasteiger partial charge is 0.356 e. The van der Waals surface area contributed by atoms with E-state index in [0.717, 1.165) is 19.4 Å². The number of carbonyl (C=O) groups is 1. The molecule has 1 saturated heterocycles. The van der Waals surface area contributed by atoms with Gasteiger partial charge in [-0.15, -0.1) is 0 Å². The highest BCUT2D eigenvalue weighted by atomic mass is 16.1. The Balaban J connectivity index is 1.96. The van der Waals surface area contributed by atoms with Gasteiger partial charge in [-0.05, 0) is 24.7 Å². The molecule has 1 aliphatic carbocycles. The van der Waals surface area contributed by atoms with E-state index in [1.54, 1.807) is 0 Å². The molecule has 0 aromatic carbocycles. The molecule has 1 saturated carbocycles. The third-order valence-corrected chi connectivity index (χ3v) is 3.46. The Morgan fingerprint density at radius 2 is 1.83 bits per heavy atom. The van der Waals surface area contributed by atoms with Gasteiger partial charge < -0.3 is 5.32 Å². The summed E-state index contributed by atoms with van der Waals surface area (Å²) in [4.78, 5) is 11.0. The molecule has 1 amide bonds. The van der Waals surface area contributed by atoms with Gasteiger partial charge in [0.25, 0.3) is 0 Å². The molecular weight excluding hydrogens is 150 g/mol. The molecule has 1 aliphatic heterocycles. The van der Waals surface area contributed by atoms with E-state index in [4.69, 9.17) is 0 Å². The van der Waals surface area contributed by atoms with Gasteiger partial charge in [0.15, 0.2) is 0 Å². The molecule has 0 aromatic rings. The third kappa shape index (κ3) is 1.47. The van der Waals surface area contributed by atoms with Crippen LogP contribution in [0.1, 0.15) is 44.9 Å². The molecule has 2 heteroatoms. The van der Waals surface area contributed by atoms with Crippen molar-refractivity contribution in [1.29, 1.82) is 0 Å². The highest BCUT2D eigenvalue weighted by Gasteiger charge is 2.35. The van der Waals surface area contributed by atoms with Crippen LogP contribution in [0.4, 0.5) is 0 Å². The van der Waals surface area contributed by atoms with Crippen LogP contribution in [0.2, 0.25) is 0 Å². The van der Waals surface area contributed by atoms with Crippen molar-refractivity contribution in [2.75, 3.05) is 6.54 Å². The molecule has 2 aliphatic rings. The van der Waals surface area contributed by atoms with E-state index >= 15 is 0 Å². The highest BCUT2D eigenvalue weighted by Crippen LogP contribution is 2.41. The maximum absolute atomic E-state index is 11.0. The Morgan fingerprint density at radius 1 is 1.08 bits per heavy atom. The summed E-state index contributed by atoms with van der Waals surface area (Å²) in [5.41, 5.74) is 0.506. The molecule has 0 radical (unpaired) electrons. The van der Waals surface area contributed by atoms with Crippen LogP contribution in [-0.4, -0.2) is 12.5 Å². The minimum atomic E-state index is 0.256. The van der Waals surface area contributed by atoms with Crippen LogP contribution in [0.5, 0.6) is 0 Å². The van der Waals surface area contributed by atoms with Crippen LogP contribution in [0.25, 0.3) is 0 Å². The fraction of sp³-hybridized carbons (Fsp3) is 0.900. The Bertz CT molecular complexity index is 170. The number of amides is 1. The van der Waals surface area contributed by atoms with Crippen molar-refractivity contribution >= 4 is 5.91 Å². The second kappa shape index (κ2) is 3.08. The number of rotatable bonds is 0. The molecule has 1 N–H and O–H groups in total. The summed E-state index contributed by atoms with van der Waals surface area (Å²) in [7, 11) is 0. The van der Waals surface area contributed by atoms with Gasteiger partial charge in [-0.3, -0.25) is 4.79 Å². The van der Waals surface area contributed by atoms with Crippen molar-refractivity contribution in [3.63, 3.8) is 0 Å². The van der Waals surface area contributed by atoms with Gasteiger partial charge in [-0.2, -0.15) is 0 Å². The molecule has 12 heavy (non-hydrogen) atoms. The van der Waals surface area contributed by atoms with Crippen molar-refractivity contribution in [1.82, 2.24) is 5.32 Å². The number of carbonyl (C=O) groups excluding carboxylic acids is 1. The lowest BCUT2D eigenvalue weighted by atomic mass is 9.70. The van der Waals surface area contributed by atoms with Gasteiger partial charge in [0.1, 0.15) is 0 Å². The number of nitrogens with one attached hydrogen (secondary N) is 1. The smallest absolute Gasteiger partial charge is 0.220 e. The first-order chi connectivity index (χ1) is 5.81. The summed E-state index contributed by atoms with van der Waals surface area (Å²) >= 11 is 0. The minimum absolute atomic E-state index is 0.256. The summed E-state index contributed by atoms with van der Waals surface area (Å²) in [6.45, 7) is 0.950. The second-order valence-corrected chi connectivity index (χ2v) is 4.34. The molecule has 2 fully saturated rings. The van der Waals surface area contributed by atoms with E-state index in [2.05, 4.69) is 5.32 Å². The van der Waals surface area contributed by atoms with E-state index in [1.165, 1.54) is 32.1 Å². The van der Waals surface area contributed by atoms with Crippen molar-refractivity contribution in [3.8, 4) is 0 Å². The van der Waals surface area contributed by atoms with Crippen LogP contribution in [0.3, 0.4) is 0 Å². The van der Waals surface area contributed by atoms with Crippen LogP contribution in [0, 0.1) is 5.41 Å². The van der Waals surface area contributed by atoms with Crippen molar-refractivity contribution in [2.45, 2.75) is 44.9 Å². The van der Waals surface area contributed by atoms with Gasteiger partial charge in [-0.25, -0.2) is 0 Å². The SMILES string of the molecule is O=C1CCC2(CCCCC2)CN1. The van der Waals surface area contributed by atoms with Crippen molar-refractivity contribution in [3.05, 3.63) is 0 Å². The van der Waals surface area contributed by atoms with E-state index in [9.17, 15) is 4.79 Å². The van der Waals surface area contributed by atoms with Crippen LogP contribution < -0.4 is 5.32 Å². The number of hydrogen-bond donors (Lipinski definition) is 1. The summed E-state index contributed by atoms with van der Waals surface area (Å²) in [5.74, 6) is 0.256. The second-order valence-electron chi connectivity index (χ2n) is 4.34. The van der Waals surface area contributed by atoms with Gasteiger partial charge >= 0.3 is 0 Å². The molecule has 0 aromatic heterocycles. The molecule has 2 nitrogen and oxygen atoms in total. The monoisotopic (exact) mass is 167 g/mol. The molecule has 68 valence electrons. The lowest BCUT2D eigenvalue weighted by Crippen LogP contribution is -2.44. The quantitative estimate of drug-likeness (QED) is 0.586. The predicted octanol–water partition coefficient (Wildman–Crippen LogP) is 1.85. The number of piperidine rings is 1. The lowest BCUT2D eigenvalue weighted by molar-refractivity contribution is -0.124. The molecule has 1 heterocycles. The lowest BCUT2D eigenvalue weighted by Gasteiger charge is -2.40. The van der Waals surface area contributed by atoms with E-state index < -0.39 is 0 Å². The fourth-order valence-corrected chi connectivity index (χ4v) is 2.57. The maximum atomic E-state index is 11.0. The normalized spacial score (nSPS) is 28.5. The van der Waals surface area contributed by atoms with Gasteiger partial charge in [0.2, 0.25) is 5.91 Å². The van der Waals surface area contributed by atoms with Crippen molar-refractivity contribution < 1.29 is 4.79 Å². The van der Waals surface area contributed by atoms with Crippen LogP contribution in [-0.2, 0) is 4.79 Å². The van der Waals surface area contributed by atoms with E-state index in [0.29, 0.717) is 5.41 Å².